The number of aromatic nitrogens is 2. The summed E-state index contributed by atoms with van der Waals surface area (Å²) in [6, 6.07) is 4.17. The van der Waals surface area contributed by atoms with Crippen molar-refractivity contribution in [2.45, 2.75) is 13.0 Å². The number of nitrogens with two attached hydrogens (primary N) is 1. The Morgan fingerprint density at radius 2 is 2.32 bits per heavy atom. The first-order valence-electron chi connectivity index (χ1n) is 5.71. The third kappa shape index (κ3) is 3.59. The molecule has 0 unspecified atom stereocenters. The minimum atomic E-state index is -0.644. The Hall–Kier alpha value is -2.28. The maximum absolute atomic E-state index is 13.6. The Labute approximate surface area is 108 Å². The summed E-state index contributed by atoms with van der Waals surface area (Å²) in [5.41, 5.74) is 5.69. The highest BCUT2D eigenvalue weighted by Crippen LogP contribution is 2.10. The lowest BCUT2D eigenvalue weighted by Gasteiger charge is -2.05. The lowest BCUT2D eigenvalue weighted by molar-refractivity contribution is 0.1000. The Morgan fingerprint density at radius 3 is 2.95 bits per heavy atom. The maximum atomic E-state index is 13.6. The van der Waals surface area contributed by atoms with Gasteiger partial charge in [0, 0.05) is 30.6 Å². The Morgan fingerprint density at radius 1 is 1.47 bits per heavy atom. The van der Waals surface area contributed by atoms with Crippen LogP contribution in [0.25, 0.3) is 0 Å². The van der Waals surface area contributed by atoms with Gasteiger partial charge in [0.25, 0.3) is 0 Å². The quantitative estimate of drug-likeness (QED) is 0.747. The van der Waals surface area contributed by atoms with Gasteiger partial charge in [-0.3, -0.25) is 4.79 Å². The molecule has 0 spiro atoms. The Bertz CT molecular complexity index is 557. The summed E-state index contributed by atoms with van der Waals surface area (Å²) in [4.78, 5) is 14.7. The number of halogens is 1. The predicted octanol–water partition coefficient (Wildman–Crippen LogP) is 0.640. The number of carbonyl (C=O) groups excluding carboxylic acids is 1. The van der Waals surface area contributed by atoms with Crippen molar-refractivity contribution >= 4 is 5.91 Å². The lowest BCUT2D eigenvalue weighted by atomic mass is 10.1. The van der Waals surface area contributed by atoms with Gasteiger partial charge in [0.2, 0.25) is 11.8 Å². The summed E-state index contributed by atoms with van der Waals surface area (Å²) in [5.74, 6) is -0.576. The molecule has 1 heterocycles. The van der Waals surface area contributed by atoms with Crippen molar-refractivity contribution in [2.24, 2.45) is 5.73 Å². The molecule has 100 valence electrons. The van der Waals surface area contributed by atoms with E-state index in [0.717, 1.165) is 6.07 Å². The molecule has 3 N–H and O–H groups in total. The zero-order chi connectivity index (χ0) is 13.7. The fourth-order valence-corrected chi connectivity index (χ4v) is 1.57. The summed E-state index contributed by atoms with van der Waals surface area (Å²) in [5, 5.41) is 6.53. The minimum Gasteiger partial charge on any atom is -0.366 e. The summed E-state index contributed by atoms with van der Waals surface area (Å²) in [6.07, 6.45) is 1.90. The van der Waals surface area contributed by atoms with Crippen LogP contribution < -0.4 is 11.1 Å². The van der Waals surface area contributed by atoms with E-state index in [2.05, 4.69) is 15.5 Å². The highest BCUT2D eigenvalue weighted by molar-refractivity contribution is 5.92. The average Bonchev–Trinajstić information content (AvgIpc) is 2.89. The van der Waals surface area contributed by atoms with E-state index in [1.807, 2.05) is 0 Å². The van der Waals surface area contributed by atoms with Crippen LogP contribution in [0.5, 0.6) is 0 Å². The van der Waals surface area contributed by atoms with E-state index in [9.17, 15) is 9.18 Å². The van der Waals surface area contributed by atoms with Gasteiger partial charge in [-0.25, -0.2) is 4.39 Å². The monoisotopic (exact) mass is 264 g/mol. The molecule has 2 aromatic rings. The van der Waals surface area contributed by atoms with Gasteiger partial charge >= 0.3 is 0 Å². The number of nitrogens with zero attached hydrogens (tertiary/aromatic N) is 2. The zero-order valence-corrected chi connectivity index (χ0v) is 10.1. The maximum Gasteiger partial charge on any atom is 0.248 e. The van der Waals surface area contributed by atoms with Crippen LogP contribution in [-0.2, 0) is 13.0 Å². The van der Waals surface area contributed by atoms with Crippen molar-refractivity contribution in [3.63, 3.8) is 0 Å². The van der Waals surface area contributed by atoms with Crippen molar-refractivity contribution in [3.8, 4) is 0 Å². The van der Waals surface area contributed by atoms with Crippen molar-refractivity contribution < 1.29 is 13.7 Å². The van der Waals surface area contributed by atoms with E-state index in [-0.39, 0.29) is 5.56 Å². The standard InChI is InChI=1S/C12H13FN4O2/c13-10-5-8(12(14)18)1-2-9(10)6-15-4-3-11-16-7-17-19-11/h1-2,5,7,15H,3-4,6H2,(H2,14,18). The van der Waals surface area contributed by atoms with Crippen LogP contribution >= 0.6 is 0 Å². The van der Waals surface area contributed by atoms with Gasteiger partial charge in [-0.2, -0.15) is 4.98 Å². The van der Waals surface area contributed by atoms with Gasteiger partial charge in [-0.05, 0) is 12.1 Å². The molecule has 0 aliphatic carbocycles. The molecule has 2 rings (SSSR count). The van der Waals surface area contributed by atoms with Gasteiger partial charge in [-0.15, -0.1) is 0 Å². The van der Waals surface area contributed by atoms with Crippen LogP contribution in [0.1, 0.15) is 21.8 Å². The van der Waals surface area contributed by atoms with Gasteiger partial charge in [0.05, 0.1) is 0 Å². The second-order valence-corrected chi connectivity index (χ2v) is 3.93. The molecule has 0 atom stereocenters. The molecule has 0 saturated carbocycles. The molecule has 7 heteroatoms. The number of hydrogen-bond acceptors (Lipinski definition) is 5. The molecule has 1 amide bonds. The smallest absolute Gasteiger partial charge is 0.248 e. The number of amides is 1. The fourth-order valence-electron chi connectivity index (χ4n) is 1.57. The van der Waals surface area contributed by atoms with E-state index in [1.54, 1.807) is 0 Å². The van der Waals surface area contributed by atoms with Crippen LogP contribution in [0.15, 0.2) is 29.0 Å². The molecule has 0 bridgehead atoms. The average molecular weight is 264 g/mol. The molecule has 19 heavy (non-hydrogen) atoms. The first-order chi connectivity index (χ1) is 9.16. The number of hydrogen-bond donors (Lipinski definition) is 2. The highest BCUT2D eigenvalue weighted by Gasteiger charge is 2.07. The van der Waals surface area contributed by atoms with E-state index in [0.29, 0.717) is 31.0 Å². The van der Waals surface area contributed by atoms with Crippen molar-refractivity contribution in [1.29, 1.82) is 0 Å². The molecule has 6 nitrogen and oxygen atoms in total. The third-order valence-electron chi connectivity index (χ3n) is 2.58. The Balaban J connectivity index is 1.84. The number of carbonyl (C=O) groups is 1. The number of nitrogens with one attached hydrogen (secondary N) is 1. The summed E-state index contributed by atoms with van der Waals surface area (Å²) < 4.78 is 18.4. The van der Waals surface area contributed by atoms with E-state index in [1.165, 1.54) is 18.5 Å². The second-order valence-electron chi connectivity index (χ2n) is 3.93. The van der Waals surface area contributed by atoms with Crippen molar-refractivity contribution in [3.05, 3.63) is 47.4 Å². The van der Waals surface area contributed by atoms with Gasteiger partial charge < -0.3 is 15.6 Å². The SMILES string of the molecule is NC(=O)c1ccc(CNCCc2ncno2)c(F)c1. The largest absolute Gasteiger partial charge is 0.366 e. The first kappa shape index (κ1) is 13.2. The van der Waals surface area contributed by atoms with Crippen LogP contribution in [-0.4, -0.2) is 22.6 Å². The predicted molar refractivity (Wildman–Crippen MR) is 64.6 cm³/mol. The zero-order valence-electron chi connectivity index (χ0n) is 10.1. The molecule has 0 aliphatic rings. The van der Waals surface area contributed by atoms with Gasteiger partial charge in [0.1, 0.15) is 5.82 Å². The fraction of sp³-hybridized carbons (Fsp3) is 0.250. The molecule has 1 aromatic heterocycles. The summed E-state index contributed by atoms with van der Waals surface area (Å²) in [6.45, 7) is 0.929. The van der Waals surface area contributed by atoms with E-state index >= 15 is 0 Å². The van der Waals surface area contributed by atoms with Crippen LogP contribution in [0.3, 0.4) is 0 Å². The van der Waals surface area contributed by atoms with Gasteiger partial charge in [-0.1, -0.05) is 11.2 Å². The van der Waals surface area contributed by atoms with Crippen molar-refractivity contribution in [2.75, 3.05) is 6.54 Å². The van der Waals surface area contributed by atoms with E-state index in [4.69, 9.17) is 10.3 Å². The summed E-state index contributed by atoms with van der Waals surface area (Å²) in [7, 11) is 0. The molecular weight excluding hydrogens is 251 g/mol. The molecule has 0 aliphatic heterocycles. The van der Waals surface area contributed by atoms with Crippen molar-refractivity contribution in [1.82, 2.24) is 15.5 Å². The molecule has 1 aromatic carbocycles. The van der Waals surface area contributed by atoms with E-state index < -0.39 is 11.7 Å². The van der Waals surface area contributed by atoms with Crippen LogP contribution in [0, 0.1) is 5.82 Å². The molecule has 0 fully saturated rings. The third-order valence-corrected chi connectivity index (χ3v) is 2.58. The number of primary amides is 1. The minimum absolute atomic E-state index is 0.159. The topological polar surface area (TPSA) is 94.0 Å². The highest BCUT2D eigenvalue weighted by atomic mass is 19.1. The molecular formula is C12H13FN4O2. The summed E-state index contributed by atoms with van der Waals surface area (Å²) >= 11 is 0. The Kier molecular flexibility index (Phi) is 4.19. The first-order valence-corrected chi connectivity index (χ1v) is 5.71. The number of benzene rings is 1. The second kappa shape index (κ2) is 6.05. The van der Waals surface area contributed by atoms with Crippen LogP contribution in [0.2, 0.25) is 0 Å². The normalized spacial score (nSPS) is 10.6. The molecule has 0 radical (unpaired) electrons. The van der Waals surface area contributed by atoms with Gasteiger partial charge in [0.15, 0.2) is 6.33 Å². The molecule has 0 saturated heterocycles. The lowest BCUT2D eigenvalue weighted by Crippen LogP contribution is -2.18. The number of rotatable bonds is 6. The van der Waals surface area contributed by atoms with Crippen LogP contribution in [0.4, 0.5) is 4.39 Å².